The Hall–Kier alpha value is -0.610. The topological polar surface area (TPSA) is 58.4 Å². The van der Waals surface area contributed by atoms with E-state index in [1.807, 2.05) is 6.92 Å². The first-order valence-electron chi connectivity index (χ1n) is 6.17. The highest BCUT2D eigenvalue weighted by Crippen LogP contribution is 2.29. The van der Waals surface area contributed by atoms with Crippen LogP contribution in [0.1, 0.15) is 40.0 Å². The second-order valence-corrected chi connectivity index (χ2v) is 5.73. The Kier molecular flexibility index (Phi) is 4.74. The molecule has 0 aromatic carbocycles. The molecule has 1 heterocycles. The summed E-state index contributed by atoms with van der Waals surface area (Å²) in [7, 11) is 0. The minimum absolute atomic E-state index is 0.0220. The zero-order valence-electron chi connectivity index (χ0n) is 10.8. The van der Waals surface area contributed by atoms with Gasteiger partial charge in [-0.05, 0) is 37.8 Å². The minimum atomic E-state index is -0.0662. The SMILES string of the molecule is CC(CN1CCCC(C)(C)CC1)C(=O)NN. The van der Waals surface area contributed by atoms with Gasteiger partial charge in [0.1, 0.15) is 0 Å². The van der Waals surface area contributed by atoms with Gasteiger partial charge >= 0.3 is 0 Å². The van der Waals surface area contributed by atoms with Crippen LogP contribution in [0.5, 0.6) is 0 Å². The maximum Gasteiger partial charge on any atom is 0.237 e. The number of likely N-dealkylation sites (tertiary alicyclic amines) is 1. The van der Waals surface area contributed by atoms with Crippen LogP contribution >= 0.6 is 0 Å². The van der Waals surface area contributed by atoms with Gasteiger partial charge in [0.15, 0.2) is 0 Å². The van der Waals surface area contributed by atoms with Gasteiger partial charge in [0.2, 0.25) is 5.91 Å². The Bertz CT molecular complexity index is 240. The summed E-state index contributed by atoms with van der Waals surface area (Å²) >= 11 is 0. The molecule has 0 saturated carbocycles. The summed E-state index contributed by atoms with van der Waals surface area (Å²) in [5.41, 5.74) is 2.67. The molecule has 0 aromatic heterocycles. The predicted molar refractivity (Wildman–Crippen MR) is 65.6 cm³/mol. The summed E-state index contributed by atoms with van der Waals surface area (Å²) in [6.45, 7) is 9.59. The number of carbonyl (C=O) groups excluding carboxylic acids is 1. The summed E-state index contributed by atoms with van der Waals surface area (Å²) in [5.74, 6) is 5.05. The van der Waals surface area contributed by atoms with E-state index in [4.69, 9.17) is 5.84 Å². The van der Waals surface area contributed by atoms with E-state index in [0.29, 0.717) is 5.41 Å². The maximum atomic E-state index is 11.3. The van der Waals surface area contributed by atoms with E-state index >= 15 is 0 Å². The van der Waals surface area contributed by atoms with Crippen LogP contribution in [0.2, 0.25) is 0 Å². The van der Waals surface area contributed by atoms with Gasteiger partial charge in [0.05, 0.1) is 0 Å². The molecule has 1 aliphatic rings. The number of hydrogen-bond donors (Lipinski definition) is 2. The summed E-state index contributed by atoms with van der Waals surface area (Å²) in [4.78, 5) is 13.7. The molecule has 0 radical (unpaired) electrons. The van der Waals surface area contributed by atoms with Crippen molar-refractivity contribution in [2.75, 3.05) is 19.6 Å². The fourth-order valence-corrected chi connectivity index (χ4v) is 2.27. The number of nitrogens with two attached hydrogens (primary N) is 1. The Balaban J connectivity index is 2.41. The van der Waals surface area contributed by atoms with Gasteiger partial charge in [0, 0.05) is 12.5 Å². The monoisotopic (exact) mass is 227 g/mol. The lowest BCUT2D eigenvalue weighted by Gasteiger charge is -2.24. The molecular weight excluding hydrogens is 202 g/mol. The average molecular weight is 227 g/mol. The van der Waals surface area contributed by atoms with E-state index in [0.717, 1.165) is 19.6 Å². The predicted octanol–water partition coefficient (Wildman–Crippen LogP) is 1.12. The molecule has 94 valence electrons. The molecule has 1 unspecified atom stereocenters. The van der Waals surface area contributed by atoms with Crippen molar-refractivity contribution in [1.82, 2.24) is 10.3 Å². The van der Waals surface area contributed by atoms with Crippen LogP contribution in [-0.2, 0) is 4.79 Å². The van der Waals surface area contributed by atoms with Crippen molar-refractivity contribution in [2.45, 2.75) is 40.0 Å². The van der Waals surface area contributed by atoms with Crippen molar-refractivity contribution in [2.24, 2.45) is 17.2 Å². The number of nitrogens with zero attached hydrogens (tertiary/aromatic N) is 1. The van der Waals surface area contributed by atoms with Crippen LogP contribution < -0.4 is 11.3 Å². The van der Waals surface area contributed by atoms with E-state index in [1.54, 1.807) is 0 Å². The van der Waals surface area contributed by atoms with Crippen LogP contribution in [-0.4, -0.2) is 30.4 Å². The number of carbonyl (C=O) groups is 1. The molecule has 1 saturated heterocycles. The van der Waals surface area contributed by atoms with Crippen LogP contribution in [0, 0.1) is 11.3 Å². The highest BCUT2D eigenvalue weighted by atomic mass is 16.2. The highest BCUT2D eigenvalue weighted by Gasteiger charge is 2.24. The van der Waals surface area contributed by atoms with Crippen molar-refractivity contribution in [3.8, 4) is 0 Å². The maximum absolute atomic E-state index is 11.3. The molecule has 4 nitrogen and oxygen atoms in total. The summed E-state index contributed by atoms with van der Waals surface area (Å²) in [5, 5.41) is 0. The van der Waals surface area contributed by atoms with Gasteiger partial charge in [0.25, 0.3) is 0 Å². The lowest BCUT2D eigenvalue weighted by molar-refractivity contribution is -0.125. The molecule has 0 bridgehead atoms. The third-order valence-corrected chi connectivity index (χ3v) is 3.55. The first-order valence-corrected chi connectivity index (χ1v) is 6.17. The molecule has 1 rings (SSSR count). The zero-order valence-corrected chi connectivity index (χ0v) is 10.8. The van der Waals surface area contributed by atoms with Crippen molar-refractivity contribution in [1.29, 1.82) is 0 Å². The number of amides is 1. The zero-order chi connectivity index (χ0) is 12.2. The Morgan fingerprint density at radius 1 is 1.44 bits per heavy atom. The second-order valence-electron chi connectivity index (χ2n) is 5.73. The Labute approximate surface area is 98.5 Å². The molecule has 4 heteroatoms. The van der Waals surface area contributed by atoms with Gasteiger partial charge in [-0.15, -0.1) is 0 Å². The van der Waals surface area contributed by atoms with Crippen molar-refractivity contribution in [3.05, 3.63) is 0 Å². The number of hydrogen-bond acceptors (Lipinski definition) is 3. The van der Waals surface area contributed by atoms with Crippen LogP contribution in [0.3, 0.4) is 0 Å². The number of nitrogens with one attached hydrogen (secondary N) is 1. The average Bonchev–Trinajstić information content (AvgIpc) is 2.39. The summed E-state index contributed by atoms with van der Waals surface area (Å²) in [6, 6.07) is 0. The summed E-state index contributed by atoms with van der Waals surface area (Å²) < 4.78 is 0. The molecule has 1 amide bonds. The Morgan fingerprint density at radius 3 is 2.75 bits per heavy atom. The molecule has 3 N–H and O–H groups in total. The molecular formula is C12H25N3O. The molecule has 0 aromatic rings. The first-order chi connectivity index (χ1) is 7.44. The van der Waals surface area contributed by atoms with Gasteiger partial charge in [-0.1, -0.05) is 20.8 Å². The van der Waals surface area contributed by atoms with Gasteiger partial charge < -0.3 is 4.90 Å². The fraction of sp³-hybridized carbons (Fsp3) is 0.917. The lowest BCUT2D eigenvalue weighted by Crippen LogP contribution is -2.40. The Morgan fingerprint density at radius 2 is 2.12 bits per heavy atom. The van der Waals surface area contributed by atoms with E-state index in [1.165, 1.54) is 19.3 Å². The van der Waals surface area contributed by atoms with Crippen molar-refractivity contribution >= 4 is 5.91 Å². The lowest BCUT2D eigenvalue weighted by atomic mass is 9.85. The van der Waals surface area contributed by atoms with Crippen LogP contribution in [0.25, 0.3) is 0 Å². The molecule has 16 heavy (non-hydrogen) atoms. The van der Waals surface area contributed by atoms with Crippen molar-refractivity contribution in [3.63, 3.8) is 0 Å². The minimum Gasteiger partial charge on any atom is -0.303 e. The van der Waals surface area contributed by atoms with Crippen LogP contribution in [0.4, 0.5) is 0 Å². The second kappa shape index (κ2) is 5.64. The van der Waals surface area contributed by atoms with E-state index < -0.39 is 0 Å². The molecule has 1 fully saturated rings. The molecule has 0 aliphatic carbocycles. The van der Waals surface area contributed by atoms with Gasteiger partial charge in [-0.25, -0.2) is 5.84 Å². The largest absolute Gasteiger partial charge is 0.303 e. The molecule has 0 spiro atoms. The third kappa shape index (κ3) is 4.10. The smallest absolute Gasteiger partial charge is 0.237 e. The van der Waals surface area contributed by atoms with E-state index in [2.05, 4.69) is 24.2 Å². The van der Waals surface area contributed by atoms with E-state index in [-0.39, 0.29) is 11.8 Å². The van der Waals surface area contributed by atoms with Crippen LogP contribution in [0.15, 0.2) is 0 Å². The standard InChI is InChI=1S/C12H25N3O/c1-10(11(16)14-13)9-15-7-4-5-12(2,3)6-8-15/h10H,4-9,13H2,1-3H3,(H,14,16). The van der Waals surface area contributed by atoms with Gasteiger partial charge in [-0.3, -0.25) is 10.2 Å². The molecule has 1 aliphatic heterocycles. The number of rotatable bonds is 3. The third-order valence-electron chi connectivity index (χ3n) is 3.55. The number of hydrazine groups is 1. The highest BCUT2D eigenvalue weighted by molar-refractivity contribution is 5.77. The fourth-order valence-electron chi connectivity index (χ4n) is 2.27. The molecule has 1 atom stereocenters. The van der Waals surface area contributed by atoms with E-state index in [9.17, 15) is 4.79 Å². The van der Waals surface area contributed by atoms with Crippen molar-refractivity contribution < 1.29 is 4.79 Å². The normalized spacial score (nSPS) is 23.5. The quantitative estimate of drug-likeness (QED) is 0.431. The summed E-state index contributed by atoms with van der Waals surface area (Å²) in [6.07, 6.45) is 3.72. The first kappa shape index (κ1) is 13.5. The van der Waals surface area contributed by atoms with Gasteiger partial charge in [-0.2, -0.15) is 0 Å².